The van der Waals surface area contributed by atoms with Gasteiger partial charge in [-0.1, -0.05) is 29.4 Å². The molecule has 3 aromatic rings. The molecular weight excluding hydrogens is 484 g/mol. The Kier molecular flexibility index (Phi) is 6.01. The number of carbonyl (C=O) groups is 1. The fourth-order valence-corrected chi connectivity index (χ4v) is 7.76. The van der Waals surface area contributed by atoms with Crippen LogP contribution in [0, 0.1) is 10.1 Å². The van der Waals surface area contributed by atoms with Crippen LogP contribution in [0.5, 0.6) is 0 Å². The van der Waals surface area contributed by atoms with E-state index in [0.29, 0.717) is 33.9 Å². The number of aromatic nitrogens is 1. The number of sulfonamides is 1. The fourth-order valence-electron chi connectivity index (χ4n) is 3.50. The second-order valence-corrected chi connectivity index (χ2v) is 11.8. The minimum atomic E-state index is -3.87. The van der Waals surface area contributed by atoms with Crippen LogP contribution in [0.4, 0.5) is 5.69 Å². The van der Waals surface area contributed by atoms with E-state index >= 15 is 0 Å². The number of thiazole rings is 1. The molecular formula is C18H17ClN4O5S3. The lowest BCUT2D eigenvalue weighted by Crippen LogP contribution is -2.47. The lowest BCUT2D eigenvalue weighted by atomic mass is 10.0. The van der Waals surface area contributed by atoms with Crippen molar-refractivity contribution in [1.29, 1.82) is 0 Å². The highest BCUT2D eigenvalue weighted by Crippen LogP contribution is 2.32. The predicted molar refractivity (Wildman–Crippen MR) is 119 cm³/mol. The molecule has 0 radical (unpaired) electrons. The third-order valence-electron chi connectivity index (χ3n) is 5.06. The van der Waals surface area contributed by atoms with Crippen molar-refractivity contribution in [3.05, 3.63) is 49.6 Å². The summed E-state index contributed by atoms with van der Waals surface area (Å²) in [5, 5.41) is 11.0. The van der Waals surface area contributed by atoms with Gasteiger partial charge in [0.05, 0.1) is 19.5 Å². The van der Waals surface area contributed by atoms with Crippen molar-refractivity contribution in [2.45, 2.75) is 29.5 Å². The molecule has 1 aliphatic heterocycles. The number of carbonyl (C=O) groups excluding carboxylic acids is 1. The maximum absolute atomic E-state index is 13.1. The van der Waals surface area contributed by atoms with Crippen LogP contribution in [0.2, 0.25) is 4.34 Å². The molecule has 4 rings (SSSR count). The van der Waals surface area contributed by atoms with E-state index < -0.39 is 26.9 Å². The van der Waals surface area contributed by atoms with Crippen molar-refractivity contribution in [3.63, 3.8) is 0 Å². The largest absolute Gasteiger partial charge is 0.319 e. The summed E-state index contributed by atoms with van der Waals surface area (Å²) in [6.07, 6.45) is 1.75. The molecule has 1 aliphatic rings. The van der Waals surface area contributed by atoms with E-state index in [1.54, 1.807) is 17.7 Å². The first-order chi connectivity index (χ1) is 14.7. The quantitative estimate of drug-likeness (QED) is 0.401. The van der Waals surface area contributed by atoms with E-state index in [0.717, 1.165) is 16.0 Å². The molecule has 1 saturated heterocycles. The van der Waals surface area contributed by atoms with Crippen LogP contribution in [0.25, 0.3) is 10.2 Å². The molecule has 0 spiro atoms. The fraction of sp³-hybridized carbons (Fsp3) is 0.333. The van der Waals surface area contributed by atoms with Crippen LogP contribution in [0.3, 0.4) is 0 Å². The van der Waals surface area contributed by atoms with Crippen LogP contribution in [-0.4, -0.2) is 40.7 Å². The molecule has 1 atom stereocenters. The van der Waals surface area contributed by atoms with Crippen molar-refractivity contribution in [2.75, 3.05) is 6.54 Å². The second-order valence-electron chi connectivity index (χ2n) is 6.99. The number of nitro benzene ring substituents is 1. The number of aryl methyl sites for hydroxylation is 1. The van der Waals surface area contributed by atoms with Gasteiger partial charge in [0.1, 0.15) is 10.3 Å². The average molecular weight is 501 g/mol. The number of amides is 1. The SMILES string of the molecule is Cn1c(=NC(=O)C2CCCCN2S(=O)(=O)c2ccc(Cl)s2)sc2ccc([N+](=O)[O-])cc21. The Morgan fingerprint density at radius 3 is 2.71 bits per heavy atom. The number of fused-ring (bicyclic) bond motifs is 1. The Morgan fingerprint density at radius 1 is 1.26 bits per heavy atom. The Bertz CT molecular complexity index is 1360. The summed E-state index contributed by atoms with van der Waals surface area (Å²) in [5.74, 6) is -0.553. The lowest BCUT2D eigenvalue weighted by Gasteiger charge is -2.31. The average Bonchev–Trinajstić information content (AvgIpc) is 3.32. The summed E-state index contributed by atoms with van der Waals surface area (Å²) in [7, 11) is -2.20. The van der Waals surface area contributed by atoms with Gasteiger partial charge in [0.25, 0.3) is 21.6 Å². The summed E-state index contributed by atoms with van der Waals surface area (Å²) < 4.78 is 30.2. The van der Waals surface area contributed by atoms with Crippen molar-refractivity contribution < 1.29 is 18.1 Å². The number of hydrogen-bond acceptors (Lipinski definition) is 7. The molecule has 1 unspecified atom stereocenters. The topological polar surface area (TPSA) is 115 Å². The van der Waals surface area contributed by atoms with Crippen molar-refractivity contribution in [1.82, 2.24) is 8.87 Å². The number of nitro groups is 1. The molecule has 3 heterocycles. The Morgan fingerprint density at radius 2 is 2.03 bits per heavy atom. The Labute approximate surface area is 190 Å². The predicted octanol–water partition coefficient (Wildman–Crippen LogP) is 3.53. The van der Waals surface area contributed by atoms with Crippen LogP contribution >= 0.6 is 34.3 Å². The smallest absolute Gasteiger partial charge is 0.271 e. The molecule has 164 valence electrons. The molecule has 9 nitrogen and oxygen atoms in total. The minimum absolute atomic E-state index is 0.0575. The summed E-state index contributed by atoms with van der Waals surface area (Å²) in [6.45, 7) is 0.231. The third-order valence-corrected chi connectivity index (χ3v) is 9.78. The van der Waals surface area contributed by atoms with Gasteiger partial charge in [0.2, 0.25) is 0 Å². The maximum Gasteiger partial charge on any atom is 0.271 e. The van der Waals surface area contributed by atoms with Crippen LogP contribution in [0.1, 0.15) is 19.3 Å². The van der Waals surface area contributed by atoms with Gasteiger partial charge in [-0.05, 0) is 31.0 Å². The number of hydrogen-bond donors (Lipinski definition) is 0. The van der Waals surface area contributed by atoms with Gasteiger partial charge in [0, 0.05) is 25.7 Å². The van der Waals surface area contributed by atoms with Gasteiger partial charge in [-0.3, -0.25) is 14.9 Å². The van der Waals surface area contributed by atoms with Crippen LogP contribution in [0.15, 0.2) is 39.5 Å². The first kappa shape index (κ1) is 22.1. The lowest BCUT2D eigenvalue weighted by molar-refractivity contribution is -0.384. The van der Waals surface area contributed by atoms with E-state index in [-0.39, 0.29) is 16.4 Å². The summed E-state index contributed by atoms with van der Waals surface area (Å²) >= 11 is 8.07. The second kappa shape index (κ2) is 8.43. The molecule has 31 heavy (non-hydrogen) atoms. The number of nitrogens with zero attached hydrogens (tertiary/aromatic N) is 4. The van der Waals surface area contributed by atoms with E-state index in [9.17, 15) is 23.3 Å². The molecule has 1 amide bonds. The minimum Gasteiger partial charge on any atom is -0.319 e. The zero-order valence-electron chi connectivity index (χ0n) is 16.2. The van der Waals surface area contributed by atoms with E-state index in [2.05, 4.69) is 4.99 Å². The monoisotopic (exact) mass is 500 g/mol. The van der Waals surface area contributed by atoms with Crippen molar-refractivity contribution >= 4 is 66.1 Å². The van der Waals surface area contributed by atoms with Gasteiger partial charge in [-0.25, -0.2) is 8.42 Å². The van der Waals surface area contributed by atoms with Gasteiger partial charge in [-0.15, -0.1) is 11.3 Å². The molecule has 0 N–H and O–H groups in total. The van der Waals surface area contributed by atoms with E-state index in [4.69, 9.17) is 11.6 Å². The van der Waals surface area contributed by atoms with Crippen molar-refractivity contribution in [3.8, 4) is 0 Å². The molecule has 13 heteroatoms. The van der Waals surface area contributed by atoms with Crippen molar-refractivity contribution in [2.24, 2.45) is 12.0 Å². The molecule has 1 fully saturated rings. The summed E-state index contributed by atoms with van der Waals surface area (Å²) in [6, 6.07) is 6.48. The number of rotatable bonds is 4. The number of piperidine rings is 1. The number of halogens is 1. The number of benzene rings is 1. The maximum atomic E-state index is 13.1. The molecule has 0 saturated carbocycles. The van der Waals surface area contributed by atoms with E-state index in [1.165, 1.54) is 39.9 Å². The number of non-ortho nitro benzene ring substituents is 1. The Balaban J connectivity index is 1.71. The van der Waals surface area contributed by atoms with E-state index in [1.807, 2.05) is 0 Å². The van der Waals surface area contributed by atoms with Gasteiger partial charge in [-0.2, -0.15) is 9.30 Å². The number of thiophene rings is 1. The summed E-state index contributed by atoms with van der Waals surface area (Å²) in [4.78, 5) is 28.2. The molecule has 2 aromatic heterocycles. The highest BCUT2D eigenvalue weighted by atomic mass is 35.5. The third kappa shape index (κ3) is 4.17. The summed E-state index contributed by atoms with van der Waals surface area (Å²) in [5.41, 5.74) is 0.519. The molecule has 1 aromatic carbocycles. The molecule has 0 aliphatic carbocycles. The van der Waals surface area contributed by atoms with Gasteiger partial charge < -0.3 is 4.57 Å². The highest BCUT2D eigenvalue weighted by Gasteiger charge is 2.38. The first-order valence-corrected chi connectivity index (χ1v) is 12.7. The van der Waals surface area contributed by atoms with Gasteiger partial charge >= 0.3 is 0 Å². The normalized spacial score (nSPS) is 18.5. The zero-order valence-corrected chi connectivity index (χ0v) is 19.4. The first-order valence-electron chi connectivity index (χ1n) is 9.28. The highest BCUT2D eigenvalue weighted by molar-refractivity contribution is 7.91. The molecule has 0 bridgehead atoms. The zero-order chi connectivity index (χ0) is 22.3. The standard InChI is InChI=1S/C18H17ClN4O5S3/c1-21-13-10-11(23(25)26)5-6-14(13)29-18(21)20-17(24)12-4-2-3-9-22(12)31(27,28)16-8-7-15(19)30-16/h5-8,10,12H,2-4,9H2,1H3. The van der Waals surface area contributed by atoms with Crippen LogP contribution < -0.4 is 4.80 Å². The van der Waals surface area contributed by atoms with Gasteiger partial charge in [0.15, 0.2) is 4.80 Å². The van der Waals surface area contributed by atoms with Crippen LogP contribution in [-0.2, 0) is 21.9 Å². The Hall–Kier alpha value is -2.12.